The van der Waals surface area contributed by atoms with Crippen molar-refractivity contribution in [1.82, 2.24) is 19.5 Å². The van der Waals surface area contributed by atoms with Crippen LogP contribution in [0.2, 0.25) is 0 Å². The SMILES string of the molecule is CCc1nc(N(C)Cc2ccccc2)nc(-n2ccnc2C)c1N=O. The number of hydrogen-bond acceptors (Lipinski definition) is 6. The van der Waals surface area contributed by atoms with Crippen LogP contribution >= 0.6 is 0 Å². The quantitative estimate of drug-likeness (QED) is 0.643. The molecule has 7 nitrogen and oxygen atoms in total. The van der Waals surface area contributed by atoms with Gasteiger partial charge in [-0.1, -0.05) is 37.3 Å². The molecule has 0 radical (unpaired) electrons. The molecule has 2 heterocycles. The van der Waals surface area contributed by atoms with Gasteiger partial charge in [-0.25, -0.2) is 9.97 Å². The van der Waals surface area contributed by atoms with Crippen LogP contribution in [0.5, 0.6) is 0 Å². The fourth-order valence-electron chi connectivity index (χ4n) is 2.68. The zero-order valence-corrected chi connectivity index (χ0v) is 14.5. The molecule has 0 N–H and O–H groups in total. The van der Waals surface area contributed by atoms with Gasteiger partial charge in [0.15, 0.2) is 11.5 Å². The van der Waals surface area contributed by atoms with Gasteiger partial charge in [-0.15, -0.1) is 4.91 Å². The first-order valence-corrected chi connectivity index (χ1v) is 8.13. The summed E-state index contributed by atoms with van der Waals surface area (Å²) in [5.41, 5.74) is 2.05. The van der Waals surface area contributed by atoms with Crippen LogP contribution in [-0.4, -0.2) is 26.6 Å². The number of nitrogens with zero attached hydrogens (tertiary/aromatic N) is 6. The first-order valence-electron chi connectivity index (χ1n) is 8.13. The standard InChI is InChI=1S/C18H20N6O/c1-4-15-16(22-25)17(24-11-10-19-13(24)2)21-18(20-15)23(3)12-14-8-6-5-7-9-14/h5-11H,4,12H2,1-3H3. The second kappa shape index (κ2) is 7.21. The first-order chi connectivity index (χ1) is 12.1. The van der Waals surface area contributed by atoms with Crippen LogP contribution in [0.15, 0.2) is 47.9 Å². The summed E-state index contributed by atoms with van der Waals surface area (Å²) in [7, 11) is 1.93. The number of aromatic nitrogens is 4. The zero-order chi connectivity index (χ0) is 17.8. The third kappa shape index (κ3) is 3.40. The lowest BCUT2D eigenvalue weighted by atomic mass is 10.2. The highest BCUT2D eigenvalue weighted by molar-refractivity contribution is 5.59. The molecule has 0 saturated heterocycles. The molecule has 0 saturated carbocycles. The molecule has 3 rings (SSSR count). The molecule has 7 heteroatoms. The minimum Gasteiger partial charge on any atom is -0.339 e. The Morgan fingerprint density at radius 2 is 1.96 bits per heavy atom. The van der Waals surface area contributed by atoms with Gasteiger partial charge < -0.3 is 4.90 Å². The molecule has 0 amide bonds. The van der Waals surface area contributed by atoms with Crippen molar-refractivity contribution in [1.29, 1.82) is 0 Å². The Morgan fingerprint density at radius 3 is 2.56 bits per heavy atom. The fraction of sp³-hybridized carbons (Fsp3) is 0.278. The predicted octanol–water partition coefficient (Wildman–Crippen LogP) is 3.57. The lowest BCUT2D eigenvalue weighted by Crippen LogP contribution is -2.21. The molecule has 0 aliphatic rings. The van der Waals surface area contributed by atoms with E-state index in [4.69, 9.17) is 0 Å². The van der Waals surface area contributed by atoms with Crippen molar-refractivity contribution in [2.75, 3.05) is 11.9 Å². The van der Waals surface area contributed by atoms with Crippen LogP contribution in [0.1, 0.15) is 24.0 Å². The van der Waals surface area contributed by atoms with Crippen LogP contribution in [0.25, 0.3) is 5.82 Å². The average Bonchev–Trinajstić information content (AvgIpc) is 3.07. The van der Waals surface area contributed by atoms with Crippen molar-refractivity contribution in [2.24, 2.45) is 5.18 Å². The molecule has 0 unspecified atom stereocenters. The number of imidazole rings is 1. The van der Waals surface area contributed by atoms with Crippen molar-refractivity contribution in [3.8, 4) is 5.82 Å². The second-order valence-corrected chi connectivity index (χ2v) is 5.77. The smallest absolute Gasteiger partial charge is 0.227 e. The van der Waals surface area contributed by atoms with E-state index in [-0.39, 0.29) is 5.69 Å². The predicted molar refractivity (Wildman–Crippen MR) is 97.3 cm³/mol. The summed E-state index contributed by atoms with van der Waals surface area (Å²) < 4.78 is 1.76. The molecule has 0 atom stereocenters. The highest BCUT2D eigenvalue weighted by Crippen LogP contribution is 2.28. The van der Waals surface area contributed by atoms with Gasteiger partial charge in [-0.2, -0.15) is 4.98 Å². The van der Waals surface area contributed by atoms with Crippen LogP contribution in [-0.2, 0) is 13.0 Å². The largest absolute Gasteiger partial charge is 0.339 e. The van der Waals surface area contributed by atoms with Crippen molar-refractivity contribution < 1.29 is 0 Å². The van der Waals surface area contributed by atoms with E-state index in [0.29, 0.717) is 30.4 Å². The molecule has 1 aromatic carbocycles. The lowest BCUT2D eigenvalue weighted by molar-refractivity contribution is 0.826. The number of benzene rings is 1. The maximum Gasteiger partial charge on any atom is 0.227 e. The molecule has 2 aromatic heterocycles. The summed E-state index contributed by atoms with van der Waals surface area (Å²) in [6, 6.07) is 10.1. The Hall–Kier alpha value is -3.09. The third-order valence-electron chi connectivity index (χ3n) is 4.01. The Labute approximate surface area is 146 Å². The molecule has 3 aromatic rings. The van der Waals surface area contributed by atoms with Gasteiger partial charge in [-0.05, 0) is 24.1 Å². The van der Waals surface area contributed by atoms with E-state index in [2.05, 4.69) is 32.3 Å². The van der Waals surface area contributed by atoms with Crippen molar-refractivity contribution >= 4 is 11.6 Å². The van der Waals surface area contributed by atoms with Gasteiger partial charge in [0.1, 0.15) is 5.82 Å². The highest BCUT2D eigenvalue weighted by Gasteiger charge is 2.19. The Morgan fingerprint density at radius 1 is 1.20 bits per heavy atom. The number of rotatable bonds is 6. The Bertz CT molecular complexity index is 875. The van der Waals surface area contributed by atoms with E-state index in [1.807, 2.05) is 44.0 Å². The van der Waals surface area contributed by atoms with Crippen LogP contribution in [0.3, 0.4) is 0 Å². The highest BCUT2D eigenvalue weighted by atomic mass is 16.3. The summed E-state index contributed by atoms with van der Waals surface area (Å²) in [6.45, 7) is 4.47. The maximum atomic E-state index is 11.4. The summed E-state index contributed by atoms with van der Waals surface area (Å²) in [5, 5.41) is 3.18. The second-order valence-electron chi connectivity index (χ2n) is 5.77. The fourth-order valence-corrected chi connectivity index (χ4v) is 2.68. The molecular weight excluding hydrogens is 316 g/mol. The van der Waals surface area contributed by atoms with Crippen molar-refractivity contribution in [2.45, 2.75) is 26.8 Å². The van der Waals surface area contributed by atoms with Gasteiger partial charge in [-0.3, -0.25) is 4.57 Å². The molecule has 0 bridgehead atoms. The topological polar surface area (TPSA) is 76.3 Å². The number of nitroso groups, excluding NO2 is 1. The summed E-state index contributed by atoms with van der Waals surface area (Å²) >= 11 is 0. The molecule has 0 aliphatic heterocycles. The minimum absolute atomic E-state index is 0.264. The molecule has 0 fully saturated rings. The summed E-state index contributed by atoms with van der Waals surface area (Å²) in [6.07, 6.45) is 4.04. The molecule has 25 heavy (non-hydrogen) atoms. The monoisotopic (exact) mass is 336 g/mol. The van der Waals surface area contributed by atoms with Crippen LogP contribution in [0, 0.1) is 11.8 Å². The van der Waals surface area contributed by atoms with Gasteiger partial charge >= 0.3 is 0 Å². The van der Waals surface area contributed by atoms with Crippen LogP contribution in [0.4, 0.5) is 11.6 Å². The van der Waals surface area contributed by atoms with Gasteiger partial charge in [0.2, 0.25) is 5.95 Å². The number of hydrogen-bond donors (Lipinski definition) is 0. The van der Waals surface area contributed by atoms with E-state index in [1.165, 1.54) is 0 Å². The van der Waals surface area contributed by atoms with E-state index in [0.717, 1.165) is 11.4 Å². The molecule has 0 spiro atoms. The van der Waals surface area contributed by atoms with E-state index < -0.39 is 0 Å². The molecule has 0 aliphatic carbocycles. The van der Waals surface area contributed by atoms with E-state index in [1.54, 1.807) is 17.0 Å². The van der Waals surface area contributed by atoms with Crippen molar-refractivity contribution in [3.63, 3.8) is 0 Å². The normalized spacial score (nSPS) is 10.7. The van der Waals surface area contributed by atoms with Gasteiger partial charge in [0.25, 0.3) is 0 Å². The number of aryl methyl sites for hydroxylation is 2. The molecular formula is C18H20N6O. The van der Waals surface area contributed by atoms with Crippen LogP contribution < -0.4 is 4.90 Å². The van der Waals surface area contributed by atoms with Crippen molar-refractivity contribution in [3.05, 3.63) is 64.7 Å². The maximum absolute atomic E-state index is 11.4. The van der Waals surface area contributed by atoms with E-state index >= 15 is 0 Å². The Kier molecular flexibility index (Phi) is 4.83. The third-order valence-corrected chi connectivity index (χ3v) is 4.01. The summed E-state index contributed by atoms with van der Waals surface area (Å²) in [4.78, 5) is 26.7. The minimum atomic E-state index is 0.264. The molecule has 128 valence electrons. The van der Waals surface area contributed by atoms with Gasteiger partial charge in [0, 0.05) is 26.0 Å². The van der Waals surface area contributed by atoms with Gasteiger partial charge in [0.05, 0.1) is 5.69 Å². The number of anilines is 1. The average molecular weight is 336 g/mol. The van der Waals surface area contributed by atoms with E-state index in [9.17, 15) is 4.91 Å². The first kappa shape index (κ1) is 16.8. The zero-order valence-electron chi connectivity index (χ0n) is 14.5. The Balaban J connectivity index is 2.05. The summed E-state index contributed by atoms with van der Waals surface area (Å²) in [5.74, 6) is 1.75. The lowest BCUT2D eigenvalue weighted by Gasteiger charge is -2.20.